The monoisotopic (exact) mass is 348 g/mol. The summed E-state index contributed by atoms with van der Waals surface area (Å²) in [4.78, 5) is 4.20. The van der Waals surface area contributed by atoms with Gasteiger partial charge in [0.2, 0.25) is 0 Å². The van der Waals surface area contributed by atoms with E-state index in [0.29, 0.717) is 0 Å². The number of aryl methyl sites for hydroxylation is 1. The lowest BCUT2D eigenvalue weighted by Crippen LogP contribution is -2.28. The van der Waals surface area contributed by atoms with E-state index in [0.717, 1.165) is 48.3 Å². The van der Waals surface area contributed by atoms with Crippen LogP contribution in [0.4, 0.5) is 0 Å². The third-order valence-electron chi connectivity index (χ3n) is 5.22. The minimum absolute atomic E-state index is 0.0436. The summed E-state index contributed by atoms with van der Waals surface area (Å²) in [6.45, 7) is 1.52. The maximum absolute atomic E-state index is 10.8. The average Bonchev–Trinajstić information content (AvgIpc) is 3.38. The molecular formula is C21H24N4O. The number of aromatic nitrogens is 3. The summed E-state index contributed by atoms with van der Waals surface area (Å²) < 4.78 is 1.84. The van der Waals surface area contributed by atoms with Gasteiger partial charge in [0.25, 0.3) is 0 Å². The van der Waals surface area contributed by atoms with Crippen LogP contribution in [0.5, 0.6) is 0 Å². The second kappa shape index (κ2) is 7.02. The Morgan fingerprint density at radius 3 is 2.69 bits per heavy atom. The van der Waals surface area contributed by atoms with E-state index in [1.807, 2.05) is 66.6 Å². The van der Waals surface area contributed by atoms with Crippen LogP contribution in [0, 0.1) is 5.41 Å². The first-order valence-corrected chi connectivity index (χ1v) is 9.05. The van der Waals surface area contributed by atoms with Gasteiger partial charge in [-0.25, -0.2) is 0 Å². The Bertz CT molecular complexity index is 856. The molecule has 1 aromatic carbocycles. The Balaban J connectivity index is 1.43. The Morgan fingerprint density at radius 1 is 1.19 bits per heavy atom. The summed E-state index contributed by atoms with van der Waals surface area (Å²) in [6, 6.07) is 13.9. The molecule has 26 heavy (non-hydrogen) atoms. The number of rotatable bonds is 7. The molecule has 3 aromatic rings. The van der Waals surface area contributed by atoms with Crippen molar-refractivity contribution in [1.29, 1.82) is 0 Å². The number of aliphatic hydroxyl groups is 1. The van der Waals surface area contributed by atoms with Crippen LogP contribution in [0.15, 0.2) is 61.1 Å². The molecule has 2 aromatic heterocycles. The zero-order valence-electron chi connectivity index (χ0n) is 15.0. The van der Waals surface area contributed by atoms with E-state index in [4.69, 9.17) is 0 Å². The summed E-state index contributed by atoms with van der Waals surface area (Å²) in [5.41, 5.74) is 4.09. The van der Waals surface area contributed by atoms with E-state index in [1.165, 1.54) is 0 Å². The largest absolute Gasteiger partial charge is 0.388 e. The molecule has 0 saturated heterocycles. The zero-order chi connectivity index (χ0) is 18.0. The van der Waals surface area contributed by atoms with Gasteiger partial charge in [0, 0.05) is 55.3 Å². The first kappa shape index (κ1) is 16.9. The van der Waals surface area contributed by atoms with Crippen LogP contribution >= 0.6 is 0 Å². The fourth-order valence-corrected chi connectivity index (χ4v) is 3.56. The van der Waals surface area contributed by atoms with Gasteiger partial charge in [-0.1, -0.05) is 30.3 Å². The van der Waals surface area contributed by atoms with Crippen molar-refractivity contribution in [2.45, 2.75) is 25.5 Å². The van der Waals surface area contributed by atoms with E-state index in [9.17, 15) is 5.11 Å². The molecule has 0 amide bonds. The standard InChI is InChI=1S/C21H24N4O/c1-25-14-18(19(24-25)17-8-5-11-22-12-17)13-23-15-21(9-10-21)20(26)16-6-3-2-4-7-16/h2-8,11-12,14,20,23,26H,9-10,13,15H2,1H3. The molecule has 1 aliphatic rings. The molecule has 5 nitrogen and oxygen atoms in total. The van der Waals surface area contributed by atoms with E-state index < -0.39 is 6.10 Å². The van der Waals surface area contributed by atoms with E-state index >= 15 is 0 Å². The number of hydrogen-bond acceptors (Lipinski definition) is 4. The lowest BCUT2D eigenvalue weighted by Gasteiger charge is -2.23. The normalized spacial score (nSPS) is 16.4. The molecule has 1 fully saturated rings. The summed E-state index contributed by atoms with van der Waals surface area (Å²) in [7, 11) is 1.94. The average molecular weight is 348 g/mol. The SMILES string of the molecule is Cn1cc(CNCC2(C(O)c3ccccc3)CC2)c(-c2cccnc2)n1. The minimum atomic E-state index is -0.414. The van der Waals surface area contributed by atoms with Crippen LogP contribution in [0.25, 0.3) is 11.3 Å². The third kappa shape index (κ3) is 3.41. The maximum atomic E-state index is 10.8. The Kier molecular flexibility index (Phi) is 4.57. The number of hydrogen-bond donors (Lipinski definition) is 2. The highest BCUT2D eigenvalue weighted by Gasteiger charge is 2.48. The van der Waals surface area contributed by atoms with Gasteiger partial charge < -0.3 is 10.4 Å². The van der Waals surface area contributed by atoms with E-state index in [1.54, 1.807) is 6.20 Å². The van der Waals surface area contributed by atoms with Crippen molar-refractivity contribution in [2.75, 3.05) is 6.54 Å². The number of aliphatic hydroxyl groups excluding tert-OH is 1. The Labute approximate surface area is 153 Å². The van der Waals surface area contributed by atoms with Gasteiger partial charge in [-0.2, -0.15) is 5.10 Å². The fraction of sp³-hybridized carbons (Fsp3) is 0.333. The molecule has 0 radical (unpaired) electrons. The van der Waals surface area contributed by atoms with Gasteiger partial charge >= 0.3 is 0 Å². The first-order valence-electron chi connectivity index (χ1n) is 9.05. The summed E-state index contributed by atoms with van der Waals surface area (Å²) in [6.07, 6.45) is 7.35. The fourth-order valence-electron chi connectivity index (χ4n) is 3.56. The molecule has 1 unspecified atom stereocenters. The number of nitrogens with one attached hydrogen (secondary N) is 1. The molecule has 0 aliphatic heterocycles. The van der Waals surface area contributed by atoms with Crippen LogP contribution < -0.4 is 5.32 Å². The number of benzene rings is 1. The van der Waals surface area contributed by atoms with Crippen LogP contribution in [-0.2, 0) is 13.6 Å². The number of pyridine rings is 1. The molecule has 0 spiro atoms. The van der Waals surface area contributed by atoms with Gasteiger partial charge in [-0.3, -0.25) is 9.67 Å². The molecular weight excluding hydrogens is 324 g/mol. The zero-order valence-corrected chi connectivity index (χ0v) is 15.0. The number of nitrogens with zero attached hydrogens (tertiary/aromatic N) is 3. The van der Waals surface area contributed by atoms with Crippen molar-refractivity contribution in [1.82, 2.24) is 20.1 Å². The lowest BCUT2D eigenvalue weighted by atomic mass is 9.92. The van der Waals surface area contributed by atoms with Crippen LogP contribution in [0.2, 0.25) is 0 Å². The molecule has 4 rings (SSSR count). The van der Waals surface area contributed by atoms with Gasteiger partial charge in [0.15, 0.2) is 0 Å². The molecule has 1 aliphatic carbocycles. The summed E-state index contributed by atoms with van der Waals surface area (Å²) >= 11 is 0. The maximum Gasteiger partial charge on any atom is 0.0983 e. The summed E-state index contributed by atoms with van der Waals surface area (Å²) in [5.74, 6) is 0. The Hall–Kier alpha value is -2.50. The second-order valence-corrected chi connectivity index (χ2v) is 7.20. The smallest absolute Gasteiger partial charge is 0.0983 e. The van der Waals surface area contributed by atoms with Gasteiger partial charge in [0.05, 0.1) is 11.8 Å². The Morgan fingerprint density at radius 2 is 2.00 bits per heavy atom. The topological polar surface area (TPSA) is 63.0 Å². The van der Waals surface area contributed by atoms with Crippen molar-refractivity contribution < 1.29 is 5.11 Å². The quantitative estimate of drug-likeness (QED) is 0.689. The van der Waals surface area contributed by atoms with Gasteiger partial charge in [0.1, 0.15) is 0 Å². The molecule has 134 valence electrons. The highest BCUT2D eigenvalue weighted by Crippen LogP contribution is 2.54. The molecule has 5 heteroatoms. The molecule has 2 N–H and O–H groups in total. The van der Waals surface area contributed by atoms with Crippen molar-refractivity contribution >= 4 is 0 Å². The lowest BCUT2D eigenvalue weighted by molar-refractivity contribution is 0.0917. The van der Waals surface area contributed by atoms with Crippen LogP contribution in [0.1, 0.15) is 30.1 Å². The highest BCUT2D eigenvalue weighted by molar-refractivity contribution is 5.61. The minimum Gasteiger partial charge on any atom is -0.388 e. The highest BCUT2D eigenvalue weighted by atomic mass is 16.3. The predicted molar refractivity (Wildman–Crippen MR) is 101 cm³/mol. The predicted octanol–water partition coefficient (Wildman–Crippen LogP) is 3.09. The van der Waals surface area contributed by atoms with Crippen molar-refractivity contribution in [3.05, 3.63) is 72.2 Å². The molecule has 1 saturated carbocycles. The third-order valence-corrected chi connectivity index (χ3v) is 5.22. The van der Waals surface area contributed by atoms with Gasteiger partial charge in [-0.15, -0.1) is 0 Å². The first-order chi connectivity index (χ1) is 12.7. The van der Waals surface area contributed by atoms with Crippen molar-refractivity contribution in [3.63, 3.8) is 0 Å². The van der Waals surface area contributed by atoms with Crippen LogP contribution in [-0.4, -0.2) is 26.4 Å². The van der Waals surface area contributed by atoms with Crippen LogP contribution in [0.3, 0.4) is 0 Å². The van der Waals surface area contributed by atoms with Crippen molar-refractivity contribution in [2.24, 2.45) is 12.5 Å². The van der Waals surface area contributed by atoms with Gasteiger partial charge in [-0.05, 0) is 30.5 Å². The van der Waals surface area contributed by atoms with Crippen molar-refractivity contribution in [3.8, 4) is 11.3 Å². The molecule has 2 heterocycles. The molecule has 1 atom stereocenters. The second-order valence-electron chi connectivity index (χ2n) is 7.20. The van der Waals surface area contributed by atoms with E-state index in [-0.39, 0.29) is 5.41 Å². The molecule has 0 bridgehead atoms. The van der Waals surface area contributed by atoms with E-state index in [2.05, 4.69) is 15.4 Å². The summed E-state index contributed by atoms with van der Waals surface area (Å²) in [5, 5.41) is 18.9.